The highest BCUT2D eigenvalue weighted by Gasteiger charge is 2.24. The Morgan fingerprint density at radius 1 is 1.28 bits per heavy atom. The van der Waals surface area contributed by atoms with Gasteiger partial charge < -0.3 is 4.98 Å². The van der Waals surface area contributed by atoms with Crippen molar-refractivity contribution in [1.29, 1.82) is 5.26 Å². The average molecular weight is 425 g/mol. The van der Waals surface area contributed by atoms with E-state index < -0.39 is 0 Å². The molecule has 0 saturated heterocycles. The molecule has 4 rings (SSSR count). The van der Waals surface area contributed by atoms with Crippen LogP contribution in [0.4, 0.5) is 0 Å². The number of hydrogen-bond acceptors (Lipinski definition) is 6. The molecule has 29 heavy (non-hydrogen) atoms. The highest BCUT2D eigenvalue weighted by molar-refractivity contribution is 7.99. The molecule has 0 fully saturated rings. The third-order valence-corrected chi connectivity index (χ3v) is 8.18. The molecule has 2 atom stereocenters. The number of hydrogen-bond donors (Lipinski definition) is 1. The topological polar surface area (TPSA) is 82.4 Å². The molecule has 0 amide bonds. The van der Waals surface area contributed by atoms with Gasteiger partial charge in [0.1, 0.15) is 21.7 Å². The van der Waals surface area contributed by atoms with E-state index in [1.165, 1.54) is 22.2 Å². The lowest BCUT2D eigenvalue weighted by molar-refractivity contribution is 0.509. The Morgan fingerprint density at radius 3 is 2.76 bits per heavy atom. The summed E-state index contributed by atoms with van der Waals surface area (Å²) in [5.74, 6) is 1.30. The van der Waals surface area contributed by atoms with Crippen molar-refractivity contribution in [2.24, 2.45) is 5.92 Å². The predicted molar refractivity (Wildman–Crippen MR) is 119 cm³/mol. The third-order valence-electron chi connectivity index (χ3n) is 5.93. The molecule has 150 valence electrons. The Hall–Kier alpha value is -2.17. The summed E-state index contributed by atoms with van der Waals surface area (Å²) in [6.07, 6.45) is 3.12. The number of nitriles is 1. The number of thiophene rings is 1. The highest BCUT2D eigenvalue weighted by Crippen LogP contribution is 2.38. The van der Waals surface area contributed by atoms with Crippen LogP contribution >= 0.6 is 23.1 Å². The molecule has 0 radical (unpaired) electrons. The number of nitrogens with one attached hydrogen (secondary N) is 1. The molecule has 0 unspecified atom stereocenters. The Labute approximate surface area is 178 Å². The number of rotatable bonds is 3. The number of aromatic nitrogens is 3. The van der Waals surface area contributed by atoms with E-state index in [9.17, 15) is 10.1 Å². The zero-order valence-electron chi connectivity index (χ0n) is 17.3. The fraction of sp³-hybridized carbons (Fsp3) is 0.455. The quantitative estimate of drug-likeness (QED) is 0.588. The molecular formula is C22H24N4OS2. The molecule has 1 N–H and O–H groups in total. The summed E-state index contributed by atoms with van der Waals surface area (Å²) in [5, 5.41) is 11.0. The average Bonchev–Trinajstić information content (AvgIpc) is 3.04. The van der Waals surface area contributed by atoms with E-state index in [-0.39, 0.29) is 10.8 Å². The van der Waals surface area contributed by atoms with E-state index in [0.717, 1.165) is 46.3 Å². The first-order chi connectivity index (χ1) is 13.8. The summed E-state index contributed by atoms with van der Waals surface area (Å²) in [5.41, 5.74) is 4.69. The van der Waals surface area contributed by atoms with Gasteiger partial charge in [0.25, 0.3) is 5.56 Å². The SMILES string of the molecule is Cc1nc(S[C@H](C)c2nc3sc4c(c3c(=O)[nH]2)CC[C@H](C)C4)c(C#N)c(C)c1C. The second-order valence-corrected chi connectivity index (χ2v) is 10.4. The molecule has 0 spiro atoms. The molecule has 3 aromatic heterocycles. The number of aryl methyl sites for hydroxylation is 2. The van der Waals surface area contributed by atoms with E-state index in [2.05, 4.69) is 23.0 Å². The molecule has 1 aliphatic carbocycles. The van der Waals surface area contributed by atoms with Gasteiger partial charge in [-0.3, -0.25) is 4.79 Å². The van der Waals surface area contributed by atoms with Crippen LogP contribution in [0.25, 0.3) is 10.2 Å². The van der Waals surface area contributed by atoms with Crippen molar-refractivity contribution in [3.05, 3.63) is 49.0 Å². The van der Waals surface area contributed by atoms with Gasteiger partial charge in [-0.05, 0) is 69.6 Å². The minimum atomic E-state index is -0.119. The lowest BCUT2D eigenvalue weighted by Gasteiger charge is -2.17. The van der Waals surface area contributed by atoms with Gasteiger partial charge in [0.05, 0.1) is 16.2 Å². The van der Waals surface area contributed by atoms with E-state index >= 15 is 0 Å². The van der Waals surface area contributed by atoms with Crippen LogP contribution in [-0.4, -0.2) is 15.0 Å². The van der Waals surface area contributed by atoms with Crippen molar-refractivity contribution in [3.8, 4) is 6.07 Å². The van der Waals surface area contributed by atoms with Crippen LogP contribution in [-0.2, 0) is 12.8 Å². The van der Waals surface area contributed by atoms with Crippen LogP contribution in [0.2, 0.25) is 0 Å². The number of pyridine rings is 1. The van der Waals surface area contributed by atoms with Gasteiger partial charge in [-0.15, -0.1) is 11.3 Å². The summed E-state index contributed by atoms with van der Waals surface area (Å²) in [4.78, 5) is 27.5. The minimum absolute atomic E-state index is 0.0470. The van der Waals surface area contributed by atoms with Crippen molar-refractivity contribution in [2.45, 2.75) is 64.2 Å². The van der Waals surface area contributed by atoms with Crippen molar-refractivity contribution in [1.82, 2.24) is 15.0 Å². The monoisotopic (exact) mass is 424 g/mol. The Bertz CT molecular complexity index is 1220. The van der Waals surface area contributed by atoms with Gasteiger partial charge in [-0.2, -0.15) is 5.26 Å². The molecule has 0 bridgehead atoms. The van der Waals surface area contributed by atoms with E-state index in [4.69, 9.17) is 4.98 Å². The molecule has 5 nitrogen and oxygen atoms in total. The number of aromatic amines is 1. The maximum absolute atomic E-state index is 12.9. The first-order valence-corrected chi connectivity index (χ1v) is 11.6. The van der Waals surface area contributed by atoms with Gasteiger partial charge in [-0.1, -0.05) is 18.7 Å². The van der Waals surface area contributed by atoms with Crippen LogP contribution in [0.1, 0.15) is 64.2 Å². The number of fused-ring (bicyclic) bond motifs is 3. The highest BCUT2D eigenvalue weighted by atomic mass is 32.2. The summed E-state index contributed by atoms with van der Waals surface area (Å²) in [6.45, 7) is 10.2. The predicted octanol–water partition coefficient (Wildman–Crippen LogP) is 5.15. The van der Waals surface area contributed by atoms with Crippen molar-refractivity contribution >= 4 is 33.3 Å². The number of nitrogens with zero attached hydrogens (tertiary/aromatic N) is 3. The number of thioether (sulfide) groups is 1. The Kier molecular flexibility index (Phi) is 5.26. The minimum Gasteiger partial charge on any atom is -0.309 e. The molecule has 0 aliphatic heterocycles. The number of H-pyrrole nitrogens is 1. The molecule has 1 aliphatic rings. The summed E-state index contributed by atoms with van der Waals surface area (Å²) >= 11 is 3.14. The van der Waals surface area contributed by atoms with Crippen LogP contribution < -0.4 is 5.56 Å². The van der Waals surface area contributed by atoms with Gasteiger partial charge in [0.15, 0.2) is 0 Å². The van der Waals surface area contributed by atoms with Crippen LogP contribution in [0.5, 0.6) is 0 Å². The molecular weight excluding hydrogens is 400 g/mol. The second kappa shape index (κ2) is 7.58. The van der Waals surface area contributed by atoms with Crippen LogP contribution in [0.3, 0.4) is 0 Å². The van der Waals surface area contributed by atoms with Gasteiger partial charge >= 0.3 is 0 Å². The van der Waals surface area contributed by atoms with Gasteiger partial charge in [0, 0.05) is 10.6 Å². The van der Waals surface area contributed by atoms with Gasteiger partial charge in [0.2, 0.25) is 0 Å². The zero-order chi connectivity index (χ0) is 20.9. The van der Waals surface area contributed by atoms with Crippen molar-refractivity contribution in [3.63, 3.8) is 0 Å². The molecule has 3 aromatic rings. The first kappa shape index (κ1) is 20.1. The second-order valence-electron chi connectivity index (χ2n) is 7.98. The smallest absolute Gasteiger partial charge is 0.259 e. The van der Waals surface area contributed by atoms with Crippen molar-refractivity contribution < 1.29 is 0 Å². The largest absolute Gasteiger partial charge is 0.309 e. The maximum Gasteiger partial charge on any atom is 0.259 e. The van der Waals surface area contributed by atoms with Crippen molar-refractivity contribution in [2.75, 3.05) is 0 Å². The summed E-state index contributed by atoms with van der Waals surface area (Å²) in [7, 11) is 0. The normalized spacial score (nSPS) is 17.2. The Balaban J connectivity index is 1.73. The molecule has 0 aromatic carbocycles. The fourth-order valence-electron chi connectivity index (χ4n) is 3.91. The Morgan fingerprint density at radius 2 is 2.03 bits per heavy atom. The van der Waals surface area contributed by atoms with Gasteiger partial charge in [-0.25, -0.2) is 9.97 Å². The first-order valence-electron chi connectivity index (χ1n) is 9.89. The molecule has 7 heteroatoms. The maximum atomic E-state index is 12.9. The van der Waals surface area contributed by atoms with Crippen LogP contribution in [0.15, 0.2) is 9.82 Å². The molecule has 3 heterocycles. The summed E-state index contributed by atoms with van der Waals surface area (Å²) in [6, 6.07) is 2.29. The standard InChI is InChI=1S/C22H24N4OS2/c1-10-6-7-15-17(8-10)29-22-18(15)20(27)25-19(26-22)14(5)28-21-16(9-23)12(3)11(2)13(4)24-21/h10,14H,6-8H2,1-5H3,(H,25,26,27)/t10-,14+/m0/s1. The fourth-order valence-corrected chi connectivity index (χ4v) is 6.36. The molecule has 0 saturated carbocycles. The lowest BCUT2D eigenvalue weighted by Crippen LogP contribution is -2.15. The van der Waals surface area contributed by atoms with Crippen LogP contribution in [0, 0.1) is 38.0 Å². The summed E-state index contributed by atoms with van der Waals surface area (Å²) < 4.78 is 0. The van der Waals surface area contributed by atoms with E-state index in [1.807, 2.05) is 27.7 Å². The van der Waals surface area contributed by atoms with E-state index in [0.29, 0.717) is 22.3 Å². The zero-order valence-corrected chi connectivity index (χ0v) is 19.0. The van der Waals surface area contributed by atoms with E-state index in [1.54, 1.807) is 11.3 Å². The third kappa shape index (κ3) is 3.49. The lowest BCUT2D eigenvalue weighted by atomic mass is 9.89.